The number of ether oxygens (including phenoxy) is 1. The Hall–Kier alpha value is -0.530. The van der Waals surface area contributed by atoms with Crippen molar-refractivity contribution in [2.75, 3.05) is 0 Å². The van der Waals surface area contributed by atoms with E-state index in [9.17, 15) is 4.79 Å². The Morgan fingerprint density at radius 1 is 1.06 bits per heavy atom. The topological polar surface area (TPSA) is 26.3 Å². The van der Waals surface area contributed by atoms with Gasteiger partial charge in [0.1, 0.15) is 6.10 Å². The lowest BCUT2D eigenvalue weighted by molar-refractivity contribution is -0.157. The number of esters is 1. The van der Waals surface area contributed by atoms with Gasteiger partial charge in [-0.1, -0.05) is 33.1 Å². The molecule has 3 atom stereocenters. The van der Waals surface area contributed by atoms with Crippen molar-refractivity contribution in [1.82, 2.24) is 0 Å². The van der Waals surface area contributed by atoms with E-state index in [4.69, 9.17) is 4.74 Å². The van der Waals surface area contributed by atoms with Crippen molar-refractivity contribution in [3.05, 3.63) is 0 Å². The molecule has 0 bridgehead atoms. The molecule has 0 amide bonds. The molecule has 0 aromatic heterocycles. The van der Waals surface area contributed by atoms with Gasteiger partial charge < -0.3 is 4.74 Å². The van der Waals surface area contributed by atoms with Crippen LogP contribution >= 0.6 is 0 Å². The van der Waals surface area contributed by atoms with Crippen LogP contribution in [0.4, 0.5) is 0 Å². The van der Waals surface area contributed by atoms with E-state index < -0.39 is 0 Å². The summed E-state index contributed by atoms with van der Waals surface area (Å²) in [7, 11) is 0. The van der Waals surface area contributed by atoms with Gasteiger partial charge in [0.15, 0.2) is 0 Å². The van der Waals surface area contributed by atoms with Gasteiger partial charge in [0.25, 0.3) is 0 Å². The largest absolute Gasteiger partial charge is 0.462 e. The van der Waals surface area contributed by atoms with Crippen LogP contribution < -0.4 is 0 Å². The van der Waals surface area contributed by atoms with Crippen LogP contribution in [0.15, 0.2) is 0 Å². The molecule has 2 rings (SSSR count). The summed E-state index contributed by atoms with van der Waals surface area (Å²) >= 11 is 0. The van der Waals surface area contributed by atoms with Crippen molar-refractivity contribution < 1.29 is 9.53 Å². The number of hydrogen-bond acceptors (Lipinski definition) is 2. The number of carbonyl (C=O) groups excluding carboxylic acids is 1. The van der Waals surface area contributed by atoms with Crippen LogP contribution in [0.25, 0.3) is 0 Å². The fourth-order valence-corrected chi connectivity index (χ4v) is 3.75. The SMILES string of the molecule is CCC1CC(CC)C(C(=O)OC2CCCCC2)C1. The first-order valence-corrected chi connectivity index (χ1v) is 7.95. The number of rotatable bonds is 4. The molecule has 0 spiro atoms. The van der Waals surface area contributed by atoms with Crippen molar-refractivity contribution in [2.45, 2.75) is 77.7 Å². The van der Waals surface area contributed by atoms with Gasteiger partial charge in [-0.2, -0.15) is 0 Å². The molecule has 104 valence electrons. The minimum atomic E-state index is 0.115. The lowest BCUT2D eigenvalue weighted by atomic mass is 9.93. The fourth-order valence-electron chi connectivity index (χ4n) is 3.75. The fraction of sp³-hybridized carbons (Fsp3) is 0.938. The van der Waals surface area contributed by atoms with Crippen LogP contribution in [0.5, 0.6) is 0 Å². The third-order valence-corrected chi connectivity index (χ3v) is 5.03. The van der Waals surface area contributed by atoms with Crippen LogP contribution in [0.1, 0.15) is 71.6 Å². The van der Waals surface area contributed by atoms with E-state index in [0.717, 1.165) is 31.6 Å². The molecule has 0 aliphatic heterocycles. The van der Waals surface area contributed by atoms with E-state index in [1.54, 1.807) is 0 Å². The molecule has 2 heteroatoms. The number of hydrogen-bond donors (Lipinski definition) is 0. The summed E-state index contributed by atoms with van der Waals surface area (Å²) in [5.74, 6) is 1.64. The molecule has 0 N–H and O–H groups in total. The third-order valence-electron chi connectivity index (χ3n) is 5.03. The van der Waals surface area contributed by atoms with Crippen LogP contribution in [0, 0.1) is 17.8 Å². The van der Waals surface area contributed by atoms with Crippen LogP contribution in [-0.2, 0) is 9.53 Å². The summed E-state index contributed by atoms with van der Waals surface area (Å²) in [5, 5.41) is 0. The summed E-state index contributed by atoms with van der Waals surface area (Å²) < 4.78 is 5.76. The summed E-state index contributed by atoms with van der Waals surface area (Å²) in [5.41, 5.74) is 0. The second-order valence-corrected chi connectivity index (χ2v) is 6.22. The van der Waals surface area contributed by atoms with Crippen molar-refractivity contribution in [1.29, 1.82) is 0 Å². The summed E-state index contributed by atoms with van der Waals surface area (Å²) in [6.45, 7) is 4.45. The third kappa shape index (κ3) is 3.27. The van der Waals surface area contributed by atoms with E-state index in [2.05, 4.69) is 13.8 Å². The normalized spacial score (nSPS) is 33.6. The maximum atomic E-state index is 12.3. The average molecular weight is 252 g/mol. The molecule has 0 heterocycles. The van der Waals surface area contributed by atoms with Crippen molar-refractivity contribution in [3.8, 4) is 0 Å². The highest BCUT2D eigenvalue weighted by molar-refractivity contribution is 5.73. The highest BCUT2D eigenvalue weighted by Crippen LogP contribution is 2.41. The molecule has 2 nitrogen and oxygen atoms in total. The second kappa shape index (κ2) is 6.58. The first-order chi connectivity index (χ1) is 8.74. The maximum absolute atomic E-state index is 12.3. The number of carbonyl (C=O) groups is 1. The summed E-state index contributed by atoms with van der Waals surface area (Å²) in [4.78, 5) is 12.3. The highest BCUT2D eigenvalue weighted by Gasteiger charge is 2.38. The Morgan fingerprint density at radius 2 is 1.78 bits per heavy atom. The Morgan fingerprint density at radius 3 is 2.39 bits per heavy atom. The van der Waals surface area contributed by atoms with Gasteiger partial charge in [-0.15, -0.1) is 0 Å². The van der Waals surface area contributed by atoms with E-state index >= 15 is 0 Å². The molecule has 0 aromatic carbocycles. The van der Waals surface area contributed by atoms with Gasteiger partial charge in [-0.25, -0.2) is 0 Å². The van der Waals surface area contributed by atoms with Crippen LogP contribution in [-0.4, -0.2) is 12.1 Å². The standard InChI is InChI=1S/C16H28O2/c1-3-12-10-13(4-2)15(11-12)16(17)18-14-8-6-5-7-9-14/h12-15H,3-11H2,1-2H3. The van der Waals surface area contributed by atoms with Gasteiger partial charge in [0, 0.05) is 0 Å². The molecule has 2 fully saturated rings. The molecule has 0 radical (unpaired) electrons. The first-order valence-electron chi connectivity index (χ1n) is 7.95. The Kier molecular flexibility index (Phi) is 5.08. The minimum absolute atomic E-state index is 0.115. The quantitative estimate of drug-likeness (QED) is 0.696. The maximum Gasteiger partial charge on any atom is 0.309 e. The van der Waals surface area contributed by atoms with Gasteiger partial charge in [-0.05, 0) is 50.4 Å². The zero-order chi connectivity index (χ0) is 13.0. The monoisotopic (exact) mass is 252 g/mol. The van der Waals surface area contributed by atoms with E-state index in [1.165, 1.54) is 32.1 Å². The second-order valence-electron chi connectivity index (χ2n) is 6.22. The van der Waals surface area contributed by atoms with Gasteiger partial charge in [-0.3, -0.25) is 4.79 Å². The average Bonchev–Trinajstić information content (AvgIpc) is 2.83. The smallest absolute Gasteiger partial charge is 0.309 e. The van der Waals surface area contributed by atoms with E-state index in [-0.39, 0.29) is 18.0 Å². The van der Waals surface area contributed by atoms with E-state index in [1.807, 2.05) is 0 Å². The zero-order valence-corrected chi connectivity index (χ0v) is 12.0. The van der Waals surface area contributed by atoms with Gasteiger partial charge in [0.2, 0.25) is 0 Å². The lowest BCUT2D eigenvalue weighted by Gasteiger charge is -2.25. The van der Waals surface area contributed by atoms with Crippen LogP contribution in [0.2, 0.25) is 0 Å². The van der Waals surface area contributed by atoms with Crippen LogP contribution in [0.3, 0.4) is 0 Å². The van der Waals surface area contributed by atoms with Crippen molar-refractivity contribution >= 4 is 5.97 Å². The molecule has 18 heavy (non-hydrogen) atoms. The molecule has 3 unspecified atom stereocenters. The van der Waals surface area contributed by atoms with Gasteiger partial charge in [0.05, 0.1) is 5.92 Å². The molecular weight excluding hydrogens is 224 g/mol. The molecule has 2 saturated carbocycles. The van der Waals surface area contributed by atoms with E-state index in [0.29, 0.717) is 5.92 Å². The Bertz CT molecular complexity index is 268. The molecular formula is C16H28O2. The Labute approximate surface area is 111 Å². The molecule has 0 saturated heterocycles. The lowest BCUT2D eigenvalue weighted by Crippen LogP contribution is -2.27. The minimum Gasteiger partial charge on any atom is -0.462 e. The highest BCUT2D eigenvalue weighted by atomic mass is 16.5. The van der Waals surface area contributed by atoms with Crippen molar-refractivity contribution in [3.63, 3.8) is 0 Å². The molecule has 2 aliphatic carbocycles. The van der Waals surface area contributed by atoms with Gasteiger partial charge >= 0.3 is 5.97 Å². The summed E-state index contributed by atoms with van der Waals surface area (Å²) in [6, 6.07) is 0. The zero-order valence-electron chi connectivity index (χ0n) is 12.0. The molecule has 0 aromatic rings. The Balaban J connectivity index is 1.86. The summed E-state index contributed by atoms with van der Waals surface area (Å²) in [6.07, 6.45) is 10.8. The predicted octanol–water partition coefficient (Wildman–Crippen LogP) is 4.32. The van der Waals surface area contributed by atoms with Crippen molar-refractivity contribution in [2.24, 2.45) is 17.8 Å². The predicted molar refractivity (Wildman–Crippen MR) is 73.3 cm³/mol. The first kappa shape index (κ1) is 13.9. The molecule has 2 aliphatic rings.